The van der Waals surface area contributed by atoms with Crippen molar-refractivity contribution in [2.75, 3.05) is 33.9 Å². The molecule has 118 valence electrons. The molecule has 21 heavy (non-hydrogen) atoms. The fourth-order valence-corrected chi connectivity index (χ4v) is 2.89. The quantitative estimate of drug-likeness (QED) is 0.904. The van der Waals surface area contributed by atoms with Gasteiger partial charge in [-0.05, 0) is 45.0 Å². The minimum absolute atomic E-state index is 0.658. The van der Waals surface area contributed by atoms with Crippen molar-refractivity contribution in [1.29, 1.82) is 0 Å². The Balaban J connectivity index is 2.02. The number of rotatable bonds is 5. The van der Waals surface area contributed by atoms with Crippen molar-refractivity contribution < 1.29 is 9.47 Å². The molecule has 1 aromatic carbocycles. The second kappa shape index (κ2) is 8.25. The predicted molar refractivity (Wildman–Crippen MR) is 86.1 cm³/mol. The first-order valence-corrected chi connectivity index (χ1v) is 7.93. The maximum atomic E-state index is 5.51. The molecule has 0 bridgehead atoms. The number of methoxy groups -OCH3 is 2. The van der Waals surface area contributed by atoms with E-state index in [1.165, 1.54) is 24.8 Å². The van der Waals surface area contributed by atoms with Gasteiger partial charge in [-0.25, -0.2) is 0 Å². The maximum Gasteiger partial charge on any atom is 0.127 e. The number of benzene rings is 1. The molecule has 1 heterocycles. The Kier molecular flexibility index (Phi) is 6.33. The van der Waals surface area contributed by atoms with Gasteiger partial charge in [0.1, 0.15) is 11.5 Å². The topological polar surface area (TPSA) is 33.7 Å². The van der Waals surface area contributed by atoms with Crippen LogP contribution in [0.25, 0.3) is 0 Å². The van der Waals surface area contributed by atoms with Gasteiger partial charge in [0.15, 0.2) is 0 Å². The highest BCUT2D eigenvalue weighted by atomic mass is 16.5. The highest BCUT2D eigenvalue weighted by molar-refractivity contribution is 5.40. The molecule has 0 saturated carbocycles. The first-order chi connectivity index (χ1) is 10.3. The van der Waals surface area contributed by atoms with Crippen molar-refractivity contribution in [3.05, 3.63) is 23.8 Å². The fraction of sp³-hybridized carbons (Fsp3) is 0.647. The number of hydrogen-bond donors (Lipinski definition) is 1. The molecule has 2 rings (SSSR count). The van der Waals surface area contributed by atoms with Crippen molar-refractivity contribution in [2.24, 2.45) is 0 Å². The molecule has 1 aromatic rings. The van der Waals surface area contributed by atoms with Crippen LogP contribution < -0.4 is 14.8 Å². The third-order valence-electron chi connectivity index (χ3n) is 4.26. The summed E-state index contributed by atoms with van der Waals surface area (Å²) in [4.78, 5) is 2.54. The molecule has 1 fully saturated rings. The van der Waals surface area contributed by atoms with Crippen molar-refractivity contribution in [3.8, 4) is 11.5 Å². The SMILES string of the molecule is CCC1CCN(Cc2ccc(OC)cc2OC)CCCN1. The smallest absolute Gasteiger partial charge is 0.127 e. The molecular weight excluding hydrogens is 264 g/mol. The van der Waals surface area contributed by atoms with Crippen LogP contribution >= 0.6 is 0 Å². The summed E-state index contributed by atoms with van der Waals surface area (Å²) in [5.74, 6) is 1.76. The molecule has 1 aliphatic rings. The van der Waals surface area contributed by atoms with Gasteiger partial charge < -0.3 is 14.8 Å². The van der Waals surface area contributed by atoms with Crippen LogP contribution in [-0.4, -0.2) is 44.8 Å². The molecule has 1 N–H and O–H groups in total. The van der Waals surface area contributed by atoms with Crippen LogP contribution in [0.1, 0.15) is 31.7 Å². The Morgan fingerprint density at radius 2 is 2.10 bits per heavy atom. The Morgan fingerprint density at radius 1 is 1.24 bits per heavy atom. The molecule has 1 unspecified atom stereocenters. The summed E-state index contributed by atoms with van der Waals surface area (Å²) >= 11 is 0. The van der Waals surface area contributed by atoms with E-state index in [-0.39, 0.29) is 0 Å². The first-order valence-electron chi connectivity index (χ1n) is 7.93. The van der Waals surface area contributed by atoms with Crippen LogP contribution in [0.2, 0.25) is 0 Å². The Morgan fingerprint density at radius 3 is 2.81 bits per heavy atom. The molecular formula is C17H28N2O2. The summed E-state index contributed by atoms with van der Waals surface area (Å²) in [7, 11) is 3.41. The summed E-state index contributed by atoms with van der Waals surface area (Å²) in [5, 5.41) is 3.63. The van der Waals surface area contributed by atoms with E-state index in [9.17, 15) is 0 Å². The van der Waals surface area contributed by atoms with E-state index in [0.717, 1.165) is 37.7 Å². The van der Waals surface area contributed by atoms with E-state index in [2.05, 4.69) is 23.2 Å². The van der Waals surface area contributed by atoms with Gasteiger partial charge in [0.05, 0.1) is 14.2 Å². The lowest BCUT2D eigenvalue weighted by Gasteiger charge is -2.29. The molecule has 4 nitrogen and oxygen atoms in total. The van der Waals surface area contributed by atoms with E-state index >= 15 is 0 Å². The van der Waals surface area contributed by atoms with Gasteiger partial charge in [0.2, 0.25) is 0 Å². The maximum absolute atomic E-state index is 5.51. The van der Waals surface area contributed by atoms with Gasteiger partial charge in [-0.2, -0.15) is 0 Å². The zero-order valence-corrected chi connectivity index (χ0v) is 13.5. The zero-order valence-electron chi connectivity index (χ0n) is 13.5. The number of nitrogens with zero attached hydrogens (tertiary/aromatic N) is 1. The second-order valence-electron chi connectivity index (χ2n) is 5.66. The highest BCUT2D eigenvalue weighted by Crippen LogP contribution is 2.26. The lowest BCUT2D eigenvalue weighted by Crippen LogP contribution is -2.39. The van der Waals surface area contributed by atoms with Crippen LogP contribution in [0.3, 0.4) is 0 Å². The van der Waals surface area contributed by atoms with Gasteiger partial charge in [-0.3, -0.25) is 4.90 Å². The molecule has 0 amide bonds. The molecule has 0 spiro atoms. The summed E-state index contributed by atoms with van der Waals surface area (Å²) in [6.45, 7) is 6.60. The largest absolute Gasteiger partial charge is 0.497 e. The summed E-state index contributed by atoms with van der Waals surface area (Å²) in [6.07, 6.45) is 3.63. The molecule has 0 radical (unpaired) electrons. The number of hydrogen-bond acceptors (Lipinski definition) is 4. The summed E-state index contributed by atoms with van der Waals surface area (Å²) in [6, 6.07) is 6.76. The third kappa shape index (κ3) is 4.61. The van der Waals surface area contributed by atoms with E-state index in [0.29, 0.717) is 6.04 Å². The van der Waals surface area contributed by atoms with Crippen LogP contribution in [0.4, 0.5) is 0 Å². The normalized spacial score (nSPS) is 20.6. The van der Waals surface area contributed by atoms with Gasteiger partial charge in [0.25, 0.3) is 0 Å². The second-order valence-corrected chi connectivity index (χ2v) is 5.66. The predicted octanol–water partition coefficient (Wildman–Crippen LogP) is 2.67. The lowest BCUT2D eigenvalue weighted by molar-refractivity contribution is 0.221. The van der Waals surface area contributed by atoms with Gasteiger partial charge >= 0.3 is 0 Å². The van der Waals surface area contributed by atoms with Crippen molar-refractivity contribution in [3.63, 3.8) is 0 Å². The van der Waals surface area contributed by atoms with Crippen LogP contribution in [0.5, 0.6) is 11.5 Å². The van der Waals surface area contributed by atoms with E-state index in [1.807, 2.05) is 12.1 Å². The number of nitrogens with one attached hydrogen (secondary N) is 1. The van der Waals surface area contributed by atoms with E-state index in [4.69, 9.17) is 9.47 Å². The lowest BCUT2D eigenvalue weighted by atomic mass is 10.1. The molecule has 1 atom stereocenters. The van der Waals surface area contributed by atoms with E-state index in [1.54, 1.807) is 14.2 Å². The average Bonchev–Trinajstić information content (AvgIpc) is 2.50. The van der Waals surface area contributed by atoms with Crippen LogP contribution in [-0.2, 0) is 6.54 Å². The van der Waals surface area contributed by atoms with Crippen molar-refractivity contribution in [2.45, 2.75) is 38.8 Å². The van der Waals surface area contributed by atoms with Crippen molar-refractivity contribution in [1.82, 2.24) is 10.2 Å². The van der Waals surface area contributed by atoms with Crippen LogP contribution in [0, 0.1) is 0 Å². The summed E-state index contributed by atoms with van der Waals surface area (Å²) < 4.78 is 10.8. The van der Waals surface area contributed by atoms with Crippen LogP contribution in [0.15, 0.2) is 18.2 Å². The van der Waals surface area contributed by atoms with E-state index < -0.39 is 0 Å². The average molecular weight is 292 g/mol. The fourth-order valence-electron chi connectivity index (χ4n) is 2.89. The third-order valence-corrected chi connectivity index (χ3v) is 4.26. The molecule has 4 heteroatoms. The first kappa shape index (κ1) is 16.1. The molecule has 1 saturated heterocycles. The molecule has 1 aliphatic heterocycles. The summed E-state index contributed by atoms with van der Waals surface area (Å²) in [5.41, 5.74) is 1.24. The monoisotopic (exact) mass is 292 g/mol. The zero-order chi connectivity index (χ0) is 15.1. The van der Waals surface area contributed by atoms with Gasteiger partial charge in [-0.1, -0.05) is 13.0 Å². The minimum atomic E-state index is 0.658. The minimum Gasteiger partial charge on any atom is -0.497 e. The number of ether oxygens (including phenoxy) is 2. The Hall–Kier alpha value is -1.26. The highest BCUT2D eigenvalue weighted by Gasteiger charge is 2.15. The molecule has 0 aliphatic carbocycles. The standard InChI is InChI=1S/C17H28N2O2/c1-4-15-8-11-19(10-5-9-18-15)13-14-6-7-16(20-2)12-17(14)21-3/h6-7,12,15,18H,4-5,8-11,13H2,1-3H3. The Bertz CT molecular complexity index is 437. The van der Waals surface area contributed by atoms with Crippen molar-refractivity contribution >= 4 is 0 Å². The van der Waals surface area contributed by atoms with Gasteiger partial charge in [0, 0.05) is 24.2 Å². The Labute approximate surface area is 128 Å². The van der Waals surface area contributed by atoms with Gasteiger partial charge in [-0.15, -0.1) is 0 Å². The molecule has 0 aromatic heterocycles.